The maximum absolute atomic E-state index is 13.0. The molecule has 0 aromatic heterocycles. The molecule has 2 fully saturated rings. The summed E-state index contributed by atoms with van der Waals surface area (Å²) in [7, 11) is 0. The Kier molecular flexibility index (Phi) is 4.12. The molecule has 0 saturated carbocycles. The zero-order chi connectivity index (χ0) is 16.6. The zero-order valence-electron chi connectivity index (χ0n) is 12.6. The highest BCUT2D eigenvalue weighted by molar-refractivity contribution is 6.22. The number of carbonyl (C=O) groups is 3. The molecule has 3 amide bonds. The summed E-state index contributed by atoms with van der Waals surface area (Å²) >= 11 is 0. The van der Waals surface area contributed by atoms with E-state index in [9.17, 15) is 18.8 Å². The van der Waals surface area contributed by atoms with Gasteiger partial charge in [-0.15, -0.1) is 0 Å². The number of nitrogens with zero attached hydrogens (tertiary/aromatic N) is 2. The molecule has 0 spiro atoms. The van der Waals surface area contributed by atoms with E-state index in [-0.39, 0.29) is 30.1 Å². The molecule has 2 heterocycles. The largest absolute Gasteiger partial charge is 0.369 e. The Morgan fingerprint density at radius 1 is 1.13 bits per heavy atom. The number of hydrogen-bond donors (Lipinski definition) is 1. The van der Waals surface area contributed by atoms with Crippen LogP contribution in [0.25, 0.3) is 0 Å². The van der Waals surface area contributed by atoms with E-state index in [1.807, 2.05) is 4.90 Å². The van der Waals surface area contributed by atoms with Crippen molar-refractivity contribution < 1.29 is 18.8 Å². The van der Waals surface area contributed by atoms with E-state index in [0.29, 0.717) is 31.6 Å². The maximum atomic E-state index is 13.0. The Balaban J connectivity index is 1.72. The quantitative estimate of drug-likeness (QED) is 0.829. The van der Waals surface area contributed by atoms with Gasteiger partial charge in [0.05, 0.1) is 18.2 Å². The van der Waals surface area contributed by atoms with Gasteiger partial charge in [0.15, 0.2) is 0 Å². The van der Waals surface area contributed by atoms with E-state index in [1.54, 1.807) is 0 Å². The number of amides is 3. The molecule has 122 valence electrons. The van der Waals surface area contributed by atoms with Crippen LogP contribution in [0.4, 0.5) is 10.1 Å². The SMILES string of the molecule is NC(=O)C1CCN(C2CC(=O)N(c3ccc(F)cc3)C2=O)CC1. The molecule has 0 bridgehead atoms. The average Bonchev–Trinajstić information content (AvgIpc) is 2.83. The second-order valence-electron chi connectivity index (χ2n) is 5.98. The number of anilines is 1. The summed E-state index contributed by atoms with van der Waals surface area (Å²) in [6.45, 7) is 1.13. The third-order valence-electron chi connectivity index (χ3n) is 4.58. The fourth-order valence-electron chi connectivity index (χ4n) is 3.26. The zero-order valence-corrected chi connectivity index (χ0v) is 12.6. The number of rotatable bonds is 3. The Bertz CT molecular complexity index is 638. The summed E-state index contributed by atoms with van der Waals surface area (Å²) in [5, 5.41) is 0. The monoisotopic (exact) mass is 319 g/mol. The van der Waals surface area contributed by atoms with Gasteiger partial charge in [-0.25, -0.2) is 9.29 Å². The molecule has 1 unspecified atom stereocenters. The minimum absolute atomic E-state index is 0.109. The summed E-state index contributed by atoms with van der Waals surface area (Å²) < 4.78 is 13.0. The lowest BCUT2D eigenvalue weighted by Crippen LogP contribution is -2.47. The molecule has 1 aromatic carbocycles. The van der Waals surface area contributed by atoms with Crippen molar-refractivity contribution in [3.8, 4) is 0 Å². The van der Waals surface area contributed by atoms with Gasteiger partial charge in [0.2, 0.25) is 11.8 Å². The Morgan fingerprint density at radius 2 is 1.74 bits per heavy atom. The first-order chi connectivity index (χ1) is 11.0. The molecule has 3 rings (SSSR count). The number of primary amides is 1. The van der Waals surface area contributed by atoms with Crippen molar-refractivity contribution in [2.45, 2.75) is 25.3 Å². The van der Waals surface area contributed by atoms with E-state index in [2.05, 4.69) is 0 Å². The van der Waals surface area contributed by atoms with Crippen LogP contribution in [0, 0.1) is 11.7 Å². The minimum Gasteiger partial charge on any atom is -0.369 e. The van der Waals surface area contributed by atoms with Crippen molar-refractivity contribution in [3.63, 3.8) is 0 Å². The van der Waals surface area contributed by atoms with E-state index in [4.69, 9.17) is 5.73 Å². The Labute approximate surface area is 133 Å². The molecule has 0 aliphatic carbocycles. The lowest BCUT2D eigenvalue weighted by atomic mass is 9.95. The molecule has 2 N–H and O–H groups in total. The normalized spacial score (nSPS) is 23.5. The second kappa shape index (κ2) is 6.08. The predicted molar refractivity (Wildman–Crippen MR) is 80.8 cm³/mol. The first kappa shape index (κ1) is 15.6. The van der Waals surface area contributed by atoms with E-state index < -0.39 is 11.9 Å². The van der Waals surface area contributed by atoms with Gasteiger partial charge in [0.25, 0.3) is 5.91 Å². The number of carbonyl (C=O) groups excluding carboxylic acids is 3. The third-order valence-corrected chi connectivity index (χ3v) is 4.58. The number of benzene rings is 1. The maximum Gasteiger partial charge on any atom is 0.251 e. The highest BCUT2D eigenvalue weighted by atomic mass is 19.1. The topological polar surface area (TPSA) is 83.7 Å². The lowest BCUT2D eigenvalue weighted by molar-refractivity contribution is -0.124. The minimum atomic E-state index is -0.513. The Hall–Kier alpha value is -2.28. The number of halogens is 1. The van der Waals surface area contributed by atoms with Crippen LogP contribution in [0.2, 0.25) is 0 Å². The summed E-state index contributed by atoms with van der Waals surface area (Å²) in [5.41, 5.74) is 5.69. The fourth-order valence-corrected chi connectivity index (χ4v) is 3.26. The lowest BCUT2D eigenvalue weighted by Gasteiger charge is -2.33. The van der Waals surface area contributed by atoms with Crippen LogP contribution in [0.1, 0.15) is 19.3 Å². The number of hydrogen-bond acceptors (Lipinski definition) is 4. The van der Waals surface area contributed by atoms with Gasteiger partial charge in [-0.1, -0.05) is 0 Å². The van der Waals surface area contributed by atoms with Crippen molar-refractivity contribution in [2.24, 2.45) is 11.7 Å². The third kappa shape index (κ3) is 2.96. The molecular formula is C16H18FN3O3. The standard InChI is InChI=1S/C16H18FN3O3/c17-11-1-3-12(4-2-11)20-14(21)9-13(16(20)23)19-7-5-10(6-8-19)15(18)22/h1-4,10,13H,5-9H2,(H2,18,22). The number of imide groups is 1. The van der Waals surface area contributed by atoms with Crippen molar-refractivity contribution in [1.29, 1.82) is 0 Å². The number of piperidine rings is 1. The summed E-state index contributed by atoms with van der Waals surface area (Å²) in [6, 6.07) is 4.78. The fraction of sp³-hybridized carbons (Fsp3) is 0.438. The summed E-state index contributed by atoms with van der Waals surface area (Å²) in [5.74, 6) is -1.47. The number of nitrogens with two attached hydrogens (primary N) is 1. The highest BCUT2D eigenvalue weighted by Crippen LogP contribution is 2.28. The van der Waals surface area contributed by atoms with Crippen LogP contribution in [0.3, 0.4) is 0 Å². The molecule has 2 aliphatic heterocycles. The summed E-state index contributed by atoms with van der Waals surface area (Å²) in [6.07, 6.45) is 1.31. The van der Waals surface area contributed by atoms with Gasteiger partial charge in [-0.3, -0.25) is 19.3 Å². The molecular weight excluding hydrogens is 301 g/mol. The van der Waals surface area contributed by atoms with Gasteiger partial charge < -0.3 is 5.73 Å². The molecule has 1 aromatic rings. The molecule has 1 atom stereocenters. The van der Waals surface area contributed by atoms with Crippen molar-refractivity contribution >= 4 is 23.4 Å². The summed E-state index contributed by atoms with van der Waals surface area (Å²) in [4.78, 5) is 39.1. The first-order valence-electron chi connectivity index (χ1n) is 7.63. The van der Waals surface area contributed by atoms with E-state index >= 15 is 0 Å². The van der Waals surface area contributed by atoms with Crippen molar-refractivity contribution in [3.05, 3.63) is 30.1 Å². The van der Waals surface area contributed by atoms with Crippen LogP contribution in [-0.4, -0.2) is 41.8 Å². The van der Waals surface area contributed by atoms with Crippen LogP contribution >= 0.6 is 0 Å². The van der Waals surface area contributed by atoms with Crippen LogP contribution in [0.15, 0.2) is 24.3 Å². The van der Waals surface area contributed by atoms with Crippen LogP contribution < -0.4 is 10.6 Å². The molecule has 23 heavy (non-hydrogen) atoms. The van der Waals surface area contributed by atoms with E-state index in [1.165, 1.54) is 24.3 Å². The molecule has 2 aliphatic rings. The first-order valence-corrected chi connectivity index (χ1v) is 7.63. The van der Waals surface area contributed by atoms with Gasteiger partial charge in [0.1, 0.15) is 5.82 Å². The van der Waals surface area contributed by atoms with E-state index in [0.717, 1.165) is 4.90 Å². The molecule has 7 heteroatoms. The molecule has 2 saturated heterocycles. The van der Waals surface area contributed by atoms with Crippen molar-refractivity contribution in [1.82, 2.24) is 4.90 Å². The van der Waals surface area contributed by atoms with Gasteiger partial charge >= 0.3 is 0 Å². The van der Waals surface area contributed by atoms with Gasteiger partial charge in [0, 0.05) is 5.92 Å². The molecule has 0 radical (unpaired) electrons. The predicted octanol–water partition coefficient (Wildman–Crippen LogP) is 0.655. The smallest absolute Gasteiger partial charge is 0.251 e. The van der Waals surface area contributed by atoms with Crippen LogP contribution in [0.5, 0.6) is 0 Å². The second-order valence-corrected chi connectivity index (χ2v) is 5.98. The average molecular weight is 319 g/mol. The van der Waals surface area contributed by atoms with Gasteiger partial charge in [-0.2, -0.15) is 0 Å². The van der Waals surface area contributed by atoms with Crippen LogP contribution in [-0.2, 0) is 14.4 Å². The van der Waals surface area contributed by atoms with Crippen molar-refractivity contribution in [2.75, 3.05) is 18.0 Å². The highest BCUT2D eigenvalue weighted by Gasteiger charge is 2.43. The molecule has 6 nitrogen and oxygen atoms in total. The Morgan fingerprint density at radius 3 is 2.30 bits per heavy atom. The number of likely N-dealkylation sites (tertiary alicyclic amines) is 1. The van der Waals surface area contributed by atoms with Gasteiger partial charge in [-0.05, 0) is 50.2 Å².